The minimum atomic E-state index is -1.95. The minimum absolute atomic E-state index is 0.382. The van der Waals surface area contributed by atoms with Crippen molar-refractivity contribution in [2.75, 3.05) is 0 Å². The molecule has 0 radical (unpaired) electrons. The highest BCUT2D eigenvalue weighted by atomic mass is 16.7. The van der Waals surface area contributed by atoms with Gasteiger partial charge in [-0.05, 0) is 0 Å². The molecule has 0 aliphatic heterocycles. The summed E-state index contributed by atoms with van der Waals surface area (Å²) in [7, 11) is 0. The summed E-state index contributed by atoms with van der Waals surface area (Å²) in [6, 6.07) is 0. The van der Waals surface area contributed by atoms with Crippen molar-refractivity contribution in [2.24, 2.45) is 0 Å². The van der Waals surface area contributed by atoms with Crippen LogP contribution in [0.1, 0.15) is 12.8 Å². The Kier molecular flexibility index (Phi) is 4.08. The maximum Gasteiger partial charge on any atom is 0.450 e. The predicted molar refractivity (Wildman–Crippen MR) is 35.2 cm³/mol. The van der Waals surface area contributed by atoms with Gasteiger partial charge in [0.15, 0.2) is 6.29 Å². The summed E-state index contributed by atoms with van der Waals surface area (Å²) in [6.07, 6.45) is -4.57. The van der Waals surface area contributed by atoms with E-state index in [1.807, 2.05) is 0 Å². The second-order valence-electron chi connectivity index (χ2n) is 2.11. The molecule has 8 nitrogen and oxygen atoms in total. The zero-order valence-electron chi connectivity index (χ0n) is 5.99. The lowest BCUT2D eigenvalue weighted by Crippen LogP contribution is -2.29. The molecule has 0 saturated heterocycles. The average Bonchev–Trinajstić information content (AvgIpc) is 1.84. The maximum absolute atomic E-state index is 9.95. The summed E-state index contributed by atoms with van der Waals surface area (Å²) >= 11 is 0. The van der Waals surface area contributed by atoms with Gasteiger partial charge in [0.2, 0.25) is 0 Å². The van der Waals surface area contributed by atoms with Gasteiger partial charge in [0, 0.05) is 6.42 Å². The van der Waals surface area contributed by atoms with E-state index < -0.39 is 28.7 Å². The molecule has 0 fully saturated rings. The van der Waals surface area contributed by atoms with Gasteiger partial charge in [0.1, 0.15) is 0 Å². The summed E-state index contributed by atoms with van der Waals surface area (Å²) in [4.78, 5) is 17.8. The van der Waals surface area contributed by atoms with E-state index in [0.29, 0.717) is 0 Å². The Bertz CT molecular complexity index is 166. The first-order valence-electron chi connectivity index (χ1n) is 3.08. The number of rotatable bonds is 5. The lowest BCUT2D eigenvalue weighted by molar-refractivity contribution is -0.743. The van der Waals surface area contributed by atoms with Crippen molar-refractivity contribution in [2.45, 2.75) is 25.3 Å². The second kappa shape index (κ2) is 4.57. The molecule has 70 valence electrons. The molecule has 0 rings (SSSR count). The van der Waals surface area contributed by atoms with E-state index in [-0.39, 0.29) is 6.42 Å². The van der Waals surface area contributed by atoms with E-state index in [0.717, 1.165) is 0 Å². The lowest BCUT2D eigenvalue weighted by atomic mass is 10.2. The lowest BCUT2D eigenvalue weighted by Gasteiger charge is -2.02. The van der Waals surface area contributed by atoms with Gasteiger partial charge < -0.3 is 10.2 Å². The zero-order valence-corrected chi connectivity index (χ0v) is 5.99. The fourth-order valence-electron chi connectivity index (χ4n) is 0.586. The summed E-state index contributed by atoms with van der Waals surface area (Å²) in [5.41, 5.74) is 0. The molecule has 0 aromatic rings. The largest absolute Gasteiger partial charge is 0.450 e. The highest BCUT2D eigenvalue weighted by Crippen LogP contribution is 2.03. The van der Waals surface area contributed by atoms with Gasteiger partial charge in [0.05, 0.1) is 16.3 Å². The Morgan fingerprint density at radius 2 is 1.50 bits per heavy atom. The molecular weight excluding hydrogens is 172 g/mol. The Labute approximate surface area is 66.7 Å². The van der Waals surface area contributed by atoms with Crippen LogP contribution in [0, 0.1) is 20.2 Å². The molecule has 0 aliphatic rings. The van der Waals surface area contributed by atoms with Crippen LogP contribution in [0.15, 0.2) is 0 Å². The number of aliphatic hydroxyl groups excluding tert-OH is 1. The first-order chi connectivity index (χ1) is 5.45. The normalized spacial score (nSPS) is 10.7. The number of aliphatic hydroxyl groups is 2. The summed E-state index contributed by atoms with van der Waals surface area (Å²) < 4.78 is 0. The highest BCUT2D eigenvalue weighted by Gasteiger charge is 2.31. The number of hydrogen-bond donors (Lipinski definition) is 2. The number of nitrogens with zero attached hydrogens (tertiary/aromatic N) is 2. The maximum atomic E-state index is 9.95. The van der Waals surface area contributed by atoms with Gasteiger partial charge in [-0.1, -0.05) is 0 Å². The zero-order chi connectivity index (χ0) is 9.72. The molecule has 8 heteroatoms. The average molecular weight is 180 g/mol. The Hall–Kier alpha value is -1.28. The van der Waals surface area contributed by atoms with Crippen molar-refractivity contribution >= 4 is 0 Å². The van der Waals surface area contributed by atoms with Crippen molar-refractivity contribution < 1.29 is 20.1 Å². The van der Waals surface area contributed by atoms with Crippen molar-refractivity contribution in [3.63, 3.8) is 0 Å². The Morgan fingerprint density at radius 3 is 1.75 bits per heavy atom. The van der Waals surface area contributed by atoms with Crippen molar-refractivity contribution in [1.29, 1.82) is 0 Å². The molecule has 0 unspecified atom stereocenters. The first-order valence-corrected chi connectivity index (χ1v) is 3.08. The predicted octanol–water partition coefficient (Wildman–Crippen LogP) is -1.04. The van der Waals surface area contributed by atoms with Crippen LogP contribution in [0.3, 0.4) is 0 Å². The van der Waals surface area contributed by atoms with Gasteiger partial charge in [-0.2, -0.15) is 0 Å². The van der Waals surface area contributed by atoms with Crippen LogP contribution in [0.25, 0.3) is 0 Å². The standard InChI is InChI=1S/C4H8N2O6/c7-4(8)2-1-3(5(9)10)6(11)12/h3-4,7-8H,1-2H2. The van der Waals surface area contributed by atoms with E-state index in [9.17, 15) is 20.2 Å². The first kappa shape index (κ1) is 10.7. The van der Waals surface area contributed by atoms with E-state index in [1.165, 1.54) is 0 Å². The van der Waals surface area contributed by atoms with Gasteiger partial charge in [-0.3, -0.25) is 20.2 Å². The summed E-state index contributed by atoms with van der Waals surface area (Å²) in [5, 5.41) is 36.5. The van der Waals surface area contributed by atoms with Gasteiger partial charge in [-0.15, -0.1) is 0 Å². The van der Waals surface area contributed by atoms with Crippen LogP contribution in [-0.4, -0.2) is 32.5 Å². The van der Waals surface area contributed by atoms with E-state index in [1.54, 1.807) is 0 Å². The summed E-state index contributed by atoms with van der Waals surface area (Å²) in [6.45, 7) is 0. The van der Waals surface area contributed by atoms with Crippen molar-refractivity contribution in [3.05, 3.63) is 20.2 Å². The van der Waals surface area contributed by atoms with Crippen molar-refractivity contribution in [1.82, 2.24) is 0 Å². The SMILES string of the molecule is O=[N+]([O-])C(CCC(O)O)[N+](=O)[O-]. The second-order valence-corrected chi connectivity index (χ2v) is 2.11. The monoisotopic (exact) mass is 180 g/mol. The molecule has 0 heterocycles. The van der Waals surface area contributed by atoms with Crippen LogP contribution in [0.5, 0.6) is 0 Å². The van der Waals surface area contributed by atoms with E-state index in [2.05, 4.69) is 0 Å². The van der Waals surface area contributed by atoms with Gasteiger partial charge >= 0.3 is 6.17 Å². The smallest absolute Gasteiger partial charge is 0.368 e. The molecule has 0 amide bonds. The molecule has 0 aromatic carbocycles. The molecule has 0 aromatic heterocycles. The highest BCUT2D eigenvalue weighted by molar-refractivity contribution is 4.45. The quantitative estimate of drug-likeness (QED) is 0.316. The van der Waals surface area contributed by atoms with Crippen molar-refractivity contribution in [3.8, 4) is 0 Å². The fraction of sp³-hybridized carbons (Fsp3) is 1.00. The Morgan fingerprint density at radius 1 is 1.08 bits per heavy atom. The third-order valence-corrected chi connectivity index (χ3v) is 1.17. The van der Waals surface area contributed by atoms with Crippen LogP contribution in [0.2, 0.25) is 0 Å². The molecule has 12 heavy (non-hydrogen) atoms. The Balaban J connectivity index is 3.97. The number of hydrogen-bond acceptors (Lipinski definition) is 6. The molecule has 0 bridgehead atoms. The molecule has 0 aliphatic carbocycles. The molecule has 0 atom stereocenters. The fourth-order valence-corrected chi connectivity index (χ4v) is 0.586. The molecule has 2 N–H and O–H groups in total. The molecular formula is C4H8N2O6. The summed E-state index contributed by atoms with van der Waals surface area (Å²) in [5.74, 6) is 0. The minimum Gasteiger partial charge on any atom is -0.368 e. The van der Waals surface area contributed by atoms with Crippen LogP contribution < -0.4 is 0 Å². The molecule has 0 saturated carbocycles. The van der Waals surface area contributed by atoms with Crippen LogP contribution in [0.4, 0.5) is 0 Å². The molecule has 0 spiro atoms. The van der Waals surface area contributed by atoms with Gasteiger partial charge in [0.25, 0.3) is 0 Å². The van der Waals surface area contributed by atoms with E-state index in [4.69, 9.17) is 10.2 Å². The topological polar surface area (TPSA) is 127 Å². The number of nitro groups is 2. The third-order valence-electron chi connectivity index (χ3n) is 1.17. The third kappa shape index (κ3) is 3.78. The van der Waals surface area contributed by atoms with Crippen LogP contribution >= 0.6 is 0 Å². The van der Waals surface area contributed by atoms with E-state index >= 15 is 0 Å². The van der Waals surface area contributed by atoms with Crippen LogP contribution in [-0.2, 0) is 0 Å². The van der Waals surface area contributed by atoms with Gasteiger partial charge in [-0.25, -0.2) is 0 Å².